The van der Waals surface area contributed by atoms with Crippen molar-refractivity contribution in [3.8, 4) is 11.5 Å². The Bertz CT molecular complexity index is 933. The number of likely N-dealkylation sites (N-methyl/N-ethyl adjacent to an activating group) is 1. The van der Waals surface area contributed by atoms with E-state index < -0.39 is 11.0 Å². The molecule has 2 heterocycles. The van der Waals surface area contributed by atoms with Crippen LogP contribution in [0.4, 0.5) is 0 Å². The van der Waals surface area contributed by atoms with Gasteiger partial charge in [-0.1, -0.05) is 31.9 Å². The van der Waals surface area contributed by atoms with E-state index in [1.54, 1.807) is 6.07 Å². The van der Waals surface area contributed by atoms with Crippen LogP contribution < -0.4 is 4.74 Å². The molecule has 2 aliphatic heterocycles. The molecule has 1 spiro atoms. The number of phenols is 1. The van der Waals surface area contributed by atoms with Crippen molar-refractivity contribution in [1.82, 2.24) is 9.80 Å². The molecular weight excluding hydrogens is 404 g/mol. The van der Waals surface area contributed by atoms with Crippen LogP contribution in [0.15, 0.2) is 24.8 Å². The molecule has 6 heteroatoms. The van der Waals surface area contributed by atoms with Crippen LogP contribution in [0.25, 0.3) is 0 Å². The summed E-state index contributed by atoms with van der Waals surface area (Å²) < 4.78 is 6.54. The van der Waals surface area contributed by atoms with Gasteiger partial charge in [-0.3, -0.25) is 9.69 Å². The van der Waals surface area contributed by atoms with Gasteiger partial charge in [0.25, 0.3) is 0 Å². The monoisotopic (exact) mass is 440 g/mol. The van der Waals surface area contributed by atoms with Crippen molar-refractivity contribution < 1.29 is 19.7 Å². The Morgan fingerprint density at radius 2 is 2.19 bits per heavy atom. The molecule has 4 aliphatic rings. The molecule has 1 amide bonds. The molecule has 2 aliphatic carbocycles. The number of piperidine rings is 1. The molecule has 174 valence electrons. The molecule has 1 aromatic rings. The van der Waals surface area contributed by atoms with E-state index in [0.717, 1.165) is 56.3 Å². The van der Waals surface area contributed by atoms with Crippen molar-refractivity contribution in [1.29, 1.82) is 0 Å². The van der Waals surface area contributed by atoms with E-state index in [0.29, 0.717) is 25.0 Å². The lowest BCUT2D eigenvalue weighted by Gasteiger charge is -2.64. The van der Waals surface area contributed by atoms with Gasteiger partial charge in [0.15, 0.2) is 11.5 Å². The molecule has 2 bridgehead atoms. The first-order valence-corrected chi connectivity index (χ1v) is 12.2. The van der Waals surface area contributed by atoms with E-state index in [1.165, 1.54) is 0 Å². The third-order valence-corrected chi connectivity index (χ3v) is 8.79. The standard InChI is InChI=1S/C26H36N2O4/c1-4-6-7-8-21(30)27(3)18-11-12-26(31)20-16-17-9-10-19(29)23-22(17)25(26,24(18)32-23)13-15-28(20)14-5-2/h5,9-10,18,20,24,29,31H,2,4,6-8,11-16H2,1,3H3/t18?,20-,24?,25+,26-/m1/s1. The minimum Gasteiger partial charge on any atom is -0.504 e. The number of likely N-dealkylation sites (tertiary alicyclic amines) is 1. The lowest BCUT2D eigenvalue weighted by Crippen LogP contribution is -2.78. The van der Waals surface area contributed by atoms with Gasteiger partial charge in [-0.25, -0.2) is 0 Å². The maximum Gasteiger partial charge on any atom is 0.222 e. The predicted molar refractivity (Wildman–Crippen MR) is 123 cm³/mol. The normalized spacial score (nSPS) is 34.5. The number of benzene rings is 1. The lowest BCUT2D eigenvalue weighted by molar-refractivity contribution is -0.198. The van der Waals surface area contributed by atoms with Gasteiger partial charge in [0.2, 0.25) is 5.91 Å². The average Bonchev–Trinajstić information content (AvgIpc) is 3.12. The van der Waals surface area contributed by atoms with Crippen LogP contribution in [0.2, 0.25) is 0 Å². The fourth-order valence-corrected chi connectivity index (χ4v) is 7.27. The van der Waals surface area contributed by atoms with Crippen molar-refractivity contribution in [3.05, 3.63) is 35.9 Å². The maximum atomic E-state index is 13.0. The number of phenolic OH excluding ortho intramolecular Hbond substituents is 1. The molecule has 2 N–H and O–H groups in total. The molecular formula is C26H36N2O4. The lowest BCUT2D eigenvalue weighted by atomic mass is 9.48. The third kappa shape index (κ3) is 2.75. The van der Waals surface area contributed by atoms with E-state index in [4.69, 9.17) is 4.74 Å². The van der Waals surface area contributed by atoms with Crippen molar-refractivity contribution in [2.45, 2.75) is 87.5 Å². The minimum atomic E-state index is -0.951. The van der Waals surface area contributed by atoms with E-state index in [-0.39, 0.29) is 29.8 Å². The van der Waals surface area contributed by atoms with Crippen LogP contribution in [0.5, 0.6) is 11.5 Å². The fourth-order valence-electron chi connectivity index (χ4n) is 7.27. The van der Waals surface area contributed by atoms with E-state index in [2.05, 4.69) is 18.4 Å². The second kappa shape index (κ2) is 7.77. The summed E-state index contributed by atoms with van der Waals surface area (Å²) in [5.74, 6) is 0.809. The van der Waals surface area contributed by atoms with Crippen LogP contribution in [0, 0.1) is 0 Å². The summed E-state index contributed by atoms with van der Waals surface area (Å²) in [4.78, 5) is 17.3. The first kappa shape index (κ1) is 21.8. The summed E-state index contributed by atoms with van der Waals surface area (Å²) in [7, 11) is 1.89. The van der Waals surface area contributed by atoms with E-state index >= 15 is 0 Å². The summed E-state index contributed by atoms with van der Waals surface area (Å²) in [5.41, 5.74) is 0.600. The highest BCUT2D eigenvalue weighted by atomic mass is 16.5. The summed E-state index contributed by atoms with van der Waals surface area (Å²) >= 11 is 0. The molecule has 5 atom stereocenters. The first-order valence-electron chi connectivity index (χ1n) is 12.2. The third-order valence-electron chi connectivity index (χ3n) is 8.79. The van der Waals surface area contributed by atoms with Crippen molar-refractivity contribution in [2.75, 3.05) is 20.1 Å². The maximum absolute atomic E-state index is 13.0. The molecule has 6 nitrogen and oxygen atoms in total. The molecule has 1 saturated carbocycles. The van der Waals surface area contributed by atoms with Gasteiger partial charge in [-0.15, -0.1) is 6.58 Å². The highest BCUT2D eigenvalue weighted by Crippen LogP contribution is 2.65. The van der Waals surface area contributed by atoms with Gasteiger partial charge in [0.1, 0.15) is 6.10 Å². The van der Waals surface area contributed by atoms with Gasteiger partial charge in [0.05, 0.1) is 17.1 Å². The molecule has 1 aromatic carbocycles. The fraction of sp³-hybridized carbons (Fsp3) is 0.654. The number of aliphatic hydroxyl groups is 1. The van der Waals surface area contributed by atoms with E-state index in [9.17, 15) is 15.0 Å². The predicted octanol–water partition coefficient (Wildman–Crippen LogP) is 3.14. The highest BCUT2D eigenvalue weighted by molar-refractivity contribution is 5.76. The van der Waals surface area contributed by atoms with Crippen LogP contribution in [-0.4, -0.2) is 69.8 Å². The van der Waals surface area contributed by atoms with Gasteiger partial charge in [-0.2, -0.15) is 0 Å². The first-order chi connectivity index (χ1) is 15.4. The van der Waals surface area contributed by atoms with Crippen LogP contribution >= 0.6 is 0 Å². The summed E-state index contributed by atoms with van der Waals surface area (Å²) in [6, 6.07) is 3.58. The van der Waals surface area contributed by atoms with Crippen molar-refractivity contribution in [3.63, 3.8) is 0 Å². The van der Waals surface area contributed by atoms with Gasteiger partial charge in [-0.05, 0) is 50.3 Å². The van der Waals surface area contributed by atoms with Gasteiger partial charge >= 0.3 is 0 Å². The number of aromatic hydroxyl groups is 1. The summed E-state index contributed by atoms with van der Waals surface area (Å²) in [5, 5.41) is 23.1. The average molecular weight is 441 g/mol. The van der Waals surface area contributed by atoms with Crippen molar-refractivity contribution >= 4 is 5.91 Å². The zero-order valence-corrected chi connectivity index (χ0v) is 19.3. The molecule has 5 rings (SSSR count). The number of hydrogen-bond acceptors (Lipinski definition) is 5. The Kier molecular flexibility index (Phi) is 5.29. The highest BCUT2D eigenvalue weighted by Gasteiger charge is 2.73. The molecule has 32 heavy (non-hydrogen) atoms. The zero-order chi connectivity index (χ0) is 22.7. The Morgan fingerprint density at radius 1 is 1.38 bits per heavy atom. The smallest absolute Gasteiger partial charge is 0.222 e. The Hall–Kier alpha value is -2.05. The minimum absolute atomic E-state index is 0.0187. The quantitative estimate of drug-likeness (QED) is 0.503. The second-order valence-corrected chi connectivity index (χ2v) is 10.2. The Morgan fingerprint density at radius 3 is 2.94 bits per heavy atom. The molecule has 1 saturated heterocycles. The van der Waals surface area contributed by atoms with Crippen LogP contribution in [0.1, 0.15) is 63.0 Å². The molecule has 2 fully saturated rings. The number of amides is 1. The summed E-state index contributed by atoms with van der Waals surface area (Å²) in [6.07, 6.45) is 7.95. The number of rotatable bonds is 7. The number of carbonyl (C=O) groups excluding carboxylic acids is 1. The van der Waals surface area contributed by atoms with Crippen LogP contribution in [-0.2, 0) is 16.6 Å². The Labute approximate surface area is 190 Å². The number of hydrogen-bond donors (Lipinski definition) is 2. The number of ether oxygens (including phenoxy) is 1. The van der Waals surface area contributed by atoms with Gasteiger partial charge in [0, 0.05) is 31.6 Å². The van der Waals surface area contributed by atoms with Crippen LogP contribution in [0.3, 0.4) is 0 Å². The molecule has 0 radical (unpaired) electrons. The SMILES string of the molecule is C=CCN1CC[C@]23c4c5ccc(O)c4OC2C(N(C)C(=O)CCCCC)CC[C@@]3(O)[C@H]1C5. The number of unbranched alkanes of at least 4 members (excludes halogenated alkanes) is 2. The largest absolute Gasteiger partial charge is 0.504 e. The zero-order valence-electron chi connectivity index (χ0n) is 19.3. The van der Waals surface area contributed by atoms with E-state index in [1.807, 2.05) is 24.1 Å². The second-order valence-electron chi connectivity index (χ2n) is 10.2. The number of nitrogens with zero attached hydrogens (tertiary/aromatic N) is 2. The molecule has 2 unspecified atom stereocenters. The Balaban J connectivity index is 1.57. The van der Waals surface area contributed by atoms with Gasteiger partial charge < -0.3 is 19.8 Å². The summed E-state index contributed by atoms with van der Waals surface area (Å²) in [6.45, 7) is 7.65. The topological polar surface area (TPSA) is 73.2 Å². The molecule has 0 aromatic heterocycles. The number of carbonyl (C=O) groups is 1. The van der Waals surface area contributed by atoms with Crippen molar-refractivity contribution in [2.24, 2.45) is 0 Å².